The van der Waals surface area contributed by atoms with Gasteiger partial charge in [0.05, 0.1) is 11.5 Å². The molecule has 0 radical (unpaired) electrons. The van der Waals surface area contributed by atoms with Gasteiger partial charge in [0.25, 0.3) is 5.71 Å². The van der Waals surface area contributed by atoms with E-state index < -0.39 is 0 Å². The highest BCUT2D eigenvalue weighted by molar-refractivity contribution is 5.89. The van der Waals surface area contributed by atoms with Gasteiger partial charge in [-0.3, -0.25) is 4.90 Å². The smallest absolute Gasteiger partial charge is 0.258 e. The molecule has 3 heterocycles. The number of hydrogen-bond acceptors (Lipinski definition) is 5. The molecule has 1 atom stereocenters. The second kappa shape index (κ2) is 8.38. The van der Waals surface area contributed by atoms with Gasteiger partial charge in [0.15, 0.2) is 0 Å². The summed E-state index contributed by atoms with van der Waals surface area (Å²) in [6, 6.07) is 20.8. The topological polar surface area (TPSA) is 62.4 Å². The monoisotopic (exact) mass is 399 g/mol. The molecule has 152 valence electrons. The fraction of sp³-hybridized carbons (Fsp3) is 0.280. The molecule has 0 unspecified atom stereocenters. The summed E-state index contributed by atoms with van der Waals surface area (Å²) < 4.78 is 5.34. The minimum atomic E-state index is -0.337. The Balaban J connectivity index is 1.21. The number of rotatable bonds is 6. The van der Waals surface area contributed by atoms with E-state index in [1.54, 1.807) is 6.20 Å². The molecule has 30 heavy (non-hydrogen) atoms. The predicted molar refractivity (Wildman–Crippen MR) is 117 cm³/mol. The van der Waals surface area contributed by atoms with Gasteiger partial charge >= 0.3 is 0 Å². The molecule has 0 fully saturated rings. The highest BCUT2D eigenvalue weighted by Crippen LogP contribution is 2.27. The van der Waals surface area contributed by atoms with Crippen LogP contribution in [0, 0.1) is 0 Å². The van der Waals surface area contributed by atoms with Crippen LogP contribution in [0.4, 0.5) is 0 Å². The van der Waals surface area contributed by atoms with Crippen LogP contribution in [0.15, 0.2) is 71.4 Å². The molecule has 2 aromatic carbocycles. The van der Waals surface area contributed by atoms with Crippen molar-refractivity contribution in [1.82, 2.24) is 15.0 Å². The van der Waals surface area contributed by atoms with Gasteiger partial charge in [-0.25, -0.2) is 4.98 Å². The molecule has 0 saturated heterocycles. The van der Waals surface area contributed by atoms with Crippen LogP contribution in [-0.2, 0) is 19.4 Å². The molecule has 5 rings (SSSR count). The summed E-state index contributed by atoms with van der Waals surface area (Å²) in [6.45, 7) is 2.65. The van der Waals surface area contributed by atoms with Crippen molar-refractivity contribution in [2.24, 2.45) is 0 Å². The zero-order chi connectivity index (χ0) is 20.3. The first kappa shape index (κ1) is 19.0. The van der Waals surface area contributed by atoms with E-state index >= 15 is 0 Å². The summed E-state index contributed by atoms with van der Waals surface area (Å²) in [4.78, 5) is 6.57. The van der Waals surface area contributed by atoms with Gasteiger partial charge in [0.1, 0.15) is 5.69 Å². The van der Waals surface area contributed by atoms with Crippen molar-refractivity contribution in [1.29, 1.82) is 0 Å². The molecule has 2 aromatic heterocycles. The second-order valence-corrected chi connectivity index (χ2v) is 8.03. The van der Waals surface area contributed by atoms with E-state index in [1.807, 2.05) is 24.3 Å². The van der Waals surface area contributed by atoms with Gasteiger partial charge in [-0.05, 0) is 54.2 Å². The Morgan fingerprint density at radius 2 is 1.93 bits per heavy atom. The summed E-state index contributed by atoms with van der Waals surface area (Å²) in [5.41, 5.74) is 6.40. The number of benzene rings is 2. The van der Waals surface area contributed by atoms with Gasteiger partial charge in [-0.1, -0.05) is 47.6 Å². The molecule has 5 nitrogen and oxygen atoms in total. The van der Waals surface area contributed by atoms with Crippen molar-refractivity contribution in [3.05, 3.63) is 83.6 Å². The van der Waals surface area contributed by atoms with Gasteiger partial charge in [-0.2, -0.15) is 0 Å². The summed E-state index contributed by atoms with van der Waals surface area (Å²) in [6.07, 6.45) is 3.99. The molecule has 0 spiro atoms. The molecular formula is C25H25N3O2. The second-order valence-electron chi connectivity index (χ2n) is 8.03. The average Bonchev–Trinajstić information content (AvgIpc) is 3.22. The maximum absolute atomic E-state index is 10.6. The normalized spacial score (nSPS) is 15.2. The lowest BCUT2D eigenvalue weighted by atomic mass is 9.98. The number of aromatic nitrogens is 2. The van der Waals surface area contributed by atoms with E-state index in [0.29, 0.717) is 12.3 Å². The number of β-amino-alcohol motifs (C(OH)–C–C–N with tert-alkyl or cyclic N) is 1. The lowest BCUT2D eigenvalue weighted by Gasteiger charge is -2.30. The molecule has 1 aliphatic heterocycles. The number of aryl methyl sites for hydroxylation is 1. The van der Waals surface area contributed by atoms with Crippen LogP contribution in [0.5, 0.6) is 0 Å². The van der Waals surface area contributed by atoms with E-state index in [-0.39, 0.29) is 6.10 Å². The van der Waals surface area contributed by atoms with E-state index in [2.05, 4.69) is 51.4 Å². The summed E-state index contributed by atoms with van der Waals surface area (Å²) in [5, 5.41) is 15.7. The number of fused-ring (bicyclic) bond motifs is 2. The third kappa shape index (κ3) is 3.99. The van der Waals surface area contributed by atoms with Gasteiger partial charge < -0.3 is 9.63 Å². The minimum absolute atomic E-state index is 0.337. The first-order valence-electron chi connectivity index (χ1n) is 10.5. The zero-order valence-corrected chi connectivity index (χ0v) is 16.9. The maximum Gasteiger partial charge on any atom is 0.258 e. The number of nitrogens with zero attached hydrogens (tertiary/aromatic N) is 3. The number of aliphatic hydroxyl groups is 1. The minimum Gasteiger partial charge on any atom is -0.392 e. The Bertz CT molecular complexity index is 1150. The summed E-state index contributed by atoms with van der Waals surface area (Å²) in [5.74, 6) is 0. The molecule has 5 heteroatoms. The molecule has 1 aliphatic rings. The number of pyridine rings is 1. The Morgan fingerprint density at radius 3 is 2.87 bits per heavy atom. The maximum atomic E-state index is 10.6. The largest absolute Gasteiger partial charge is 0.392 e. The average molecular weight is 399 g/mol. The summed E-state index contributed by atoms with van der Waals surface area (Å²) >= 11 is 0. The first-order valence-corrected chi connectivity index (χ1v) is 10.5. The standard InChI is InChI=1S/C25H25N3O2/c29-22(17-28-14-12-19-6-1-2-7-21(19)16-28)11-10-18-5-3-8-20(15-18)24-23-9-4-13-26-25(23)30-27-24/h1-9,13,15,22,29H,10-12,14,16-17H2/t22-/m0/s1. The van der Waals surface area contributed by atoms with E-state index in [1.165, 1.54) is 16.7 Å². The molecule has 0 saturated carbocycles. The SMILES string of the molecule is O[C@@H](CCc1cccc(-c2noc3ncccc23)c1)CN1CCc2ccccc2C1. The third-order valence-corrected chi connectivity index (χ3v) is 5.89. The first-order chi connectivity index (χ1) is 14.8. The Kier molecular flexibility index (Phi) is 5.30. The predicted octanol–water partition coefficient (Wildman–Crippen LogP) is 4.24. The van der Waals surface area contributed by atoms with Crippen molar-refractivity contribution in [2.45, 2.75) is 31.9 Å². The van der Waals surface area contributed by atoms with Crippen LogP contribution in [-0.4, -0.2) is 39.3 Å². The summed E-state index contributed by atoms with van der Waals surface area (Å²) in [7, 11) is 0. The zero-order valence-electron chi connectivity index (χ0n) is 16.9. The van der Waals surface area contributed by atoms with E-state index in [4.69, 9.17) is 4.52 Å². The number of hydrogen-bond donors (Lipinski definition) is 1. The third-order valence-electron chi connectivity index (χ3n) is 5.89. The fourth-order valence-electron chi connectivity index (χ4n) is 4.30. The van der Waals surface area contributed by atoms with Gasteiger partial charge in [0, 0.05) is 31.4 Å². The van der Waals surface area contributed by atoms with Crippen LogP contribution in [0.25, 0.3) is 22.4 Å². The van der Waals surface area contributed by atoms with Gasteiger partial charge in [0.2, 0.25) is 0 Å². The highest BCUT2D eigenvalue weighted by Gasteiger charge is 2.18. The van der Waals surface area contributed by atoms with Crippen molar-refractivity contribution in [2.75, 3.05) is 13.1 Å². The van der Waals surface area contributed by atoms with Crippen LogP contribution in [0.3, 0.4) is 0 Å². The molecule has 0 amide bonds. The molecule has 0 bridgehead atoms. The highest BCUT2D eigenvalue weighted by atomic mass is 16.5. The fourth-order valence-corrected chi connectivity index (χ4v) is 4.30. The Hall–Kier alpha value is -3.02. The lowest BCUT2D eigenvalue weighted by Crippen LogP contribution is -2.36. The van der Waals surface area contributed by atoms with Crippen LogP contribution in [0.2, 0.25) is 0 Å². The Labute approximate surface area is 176 Å². The van der Waals surface area contributed by atoms with Crippen molar-refractivity contribution >= 4 is 11.1 Å². The van der Waals surface area contributed by atoms with Crippen LogP contribution >= 0.6 is 0 Å². The lowest BCUT2D eigenvalue weighted by molar-refractivity contribution is 0.0989. The van der Waals surface area contributed by atoms with Crippen molar-refractivity contribution in [3.8, 4) is 11.3 Å². The van der Waals surface area contributed by atoms with E-state index in [9.17, 15) is 5.11 Å². The van der Waals surface area contributed by atoms with E-state index in [0.717, 1.165) is 49.0 Å². The molecule has 4 aromatic rings. The van der Waals surface area contributed by atoms with Gasteiger partial charge in [-0.15, -0.1) is 0 Å². The number of aliphatic hydroxyl groups excluding tert-OH is 1. The molecular weight excluding hydrogens is 374 g/mol. The molecule has 0 aliphatic carbocycles. The van der Waals surface area contributed by atoms with Crippen LogP contribution in [0.1, 0.15) is 23.1 Å². The molecule has 1 N–H and O–H groups in total. The Morgan fingerprint density at radius 1 is 1.03 bits per heavy atom. The van der Waals surface area contributed by atoms with Crippen LogP contribution < -0.4 is 0 Å². The quantitative estimate of drug-likeness (QED) is 0.525. The van der Waals surface area contributed by atoms with Crippen molar-refractivity contribution < 1.29 is 9.63 Å². The van der Waals surface area contributed by atoms with Crippen molar-refractivity contribution in [3.63, 3.8) is 0 Å².